The number of anilines is 2. The number of nitrogens with zero attached hydrogens (tertiary/aromatic N) is 2. The lowest BCUT2D eigenvalue weighted by molar-refractivity contribution is 0.102. The number of amides is 1. The first-order chi connectivity index (χ1) is 9.88. The molecule has 21 heavy (non-hydrogen) atoms. The fraction of sp³-hybridized carbons (Fsp3) is 0.333. The van der Waals surface area contributed by atoms with E-state index in [9.17, 15) is 4.79 Å². The molecule has 0 aliphatic carbocycles. The van der Waals surface area contributed by atoms with Crippen LogP contribution in [0.15, 0.2) is 23.6 Å². The minimum atomic E-state index is -0.216. The molecule has 1 amide bonds. The van der Waals surface area contributed by atoms with Gasteiger partial charge >= 0.3 is 0 Å². The fourth-order valence-electron chi connectivity index (χ4n) is 1.97. The monoisotopic (exact) mass is 304 g/mol. The van der Waals surface area contributed by atoms with Crippen molar-refractivity contribution in [2.24, 2.45) is 5.73 Å². The second kappa shape index (κ2) is 6.24. The second-order valence-electron chi connectivity index (χ2n) is 5.21. The van der Waals surface area contributed by atoms with Crippen LogP contribution in [0.5, 0.6) is 0 Å². The van der Waals surface area contributed by atoms with Crippen LogP contribution in [0.1, 0.15) is 34.0 Å². The Hall–Kier alpha value is -1.92. The highest BCUT2D eigenvalue weighted by Crippen LogP contribution is 2.23. The summed E-state index contributed by atoms with van der Waals surface area (Å²) in [6.07, 6.45) is 0. The maximum atomic E-state index is 12.2. The molecule has 0 radical (unpaired) electrons. The predicted molar refractivity (Wildman–Crippen MR) is 88.2 cm³/mol. The number of nitrogens with two attached hydrogens (primary N) is 1. The maximum absolute atomic E-state index is 12.2. The van der Waals surface area contributed by atoms with Gasteiger partial charge in [-0.05, 0) is 31.5 Å². The van der Waals surface area contributed by atoms with E-state index < -0.39 is 0 Å². The smallest absolute Gasteiger partial charge is 0.275 e. The average molecular weight is 304 g/mol. The zero-order valence-electron chi connectivity index (χ0n) is 12.7. The summed E-state index contributed by atoms with van der Waals surface area (Å²) in [5.41, 5.74) is 9.15. The summed E-state index contributed by atoms with van der Waals surface area (Å²) >= 11 is 1.40. The fourth-order valence-corrected chi connectivity index (χ4v) is 2.72. The van der Waals surface area contributed by atoms with Crippen molar-refractivity contribution >= 4 is 28.6 Å². The van der Waals surface area contributed by atoms with Crippen molar-refractivity contribution < 1.29 is 4.79 Å². The van der Waals surface area contributed by atoms with E-state index in [1.54, 1.807) is 5.38 Å². The summed E-state index contributed by atoms with van der Waals surface area (Å²) in [4.78, 5) is 18.5. The summed E-state index contributed by atoms with van der Waals surface area (Å²) in [7, 11) is 3.95. The third kappa shape index (κ3) is 3.59. The van der Waals surface area contributed by atoms with Crippen molar-refractivity contribution in [1.29, 1.82) is 0 Å². The zero-order chi connectivity index (χ0) is 15.6. The van der Waals surface area contributed by atoms with Gasteiger partial charge in [-0.25, -0.2) is 4.98 Å². The molecule has 6 heteroatoms. The predicted octanol–water partition coefficient (Wildman–Crippen LogP) is 2.79. The first-order valence-electron chi connectivity index (χ1n) is 6.69. The van der Waals surface area contributed by atoms with Gasteiger partial charge in [0.15, 0.2) is 0 Å². The molecule has 0 aliphatic heterocycles. The molecule has 1 unspecified atom stereocenters. The highest BCUT2D eigenvalue weighted by Gasteiger charge is 2.13. The van der Waals surface area contributed by atoms with Crippen LogP contribution in [0.25, 0.3) is 0 Å². The standard InChI is InChI=1S/C15H20N4OS/c1-9-5-6-11(7-13(9)19(3)4)17-14(20)12-8-21-15(18-12)10(2)16/h5-8,10H,16H2,1-4H3,(H,17,20). The van der Waals surface area contributed by atoms with Crippen LogP contribution in [-0.4, -0.2) is 25.0 Å². The number of aryl methyl sites for hydroxylation is 1. The van der Waals surface area contributed by atoms with E-state index in [1.165, 1.54) is 11.3 Å². The lowest BCUT2D eigenvalue weighted by atomic mass is 10.1. The Morgan fingerprint density at radius 1 is 1.43 bits per heavy atom. The van der Waals surface area contributed by atoms with E-state index in [2.05, 4.69) is 10.3 Å². The van der Waals surface area contributed by atoms with Gasteiger partial charge in [0.2, 0.25) is 0 Å². The van der Waals surface area contributed by atoms with E-state index in [4.69, 9.17) is 5.73 Å². The molecule has 5 nitrogen and oxygen atoms in total. The van der Waals surface area contributed by atoms with Crippen molar-refractivity contribution in [3.8, 4) is 0 Å². The highest BCUT2D eigenvalue weighted by molar-refractivity contribution is 7.09. The number of hydrogen-bond donors (Lipinski definition) is 2. The summed E-state index contributed by atoms with van der Waals surface area (Å²) in [6, 6.07) is 5.67. The lowest BCUT2D eigenvalue weighted by Crippen LogP contribution is -2.15. The number of thiazole rings is 1. The van der Waals surface area contributed by atoms with Crippen molar-refractivity contribution in [2.75, 3.05) is 24.3 Å². The Bertz CT molecular complexity index is 649. The second-order valence-corrected chi connectivity index (χ2v) is 6.10. The van der Waals surface area contributed by atoms with Gasteiger partial charge in [-0.2, -0.15) is 0 Å². The van der Waals surface area contributed by atoms with E-state index >= 15 is 0 Å². The number of rotatable bonds is 4. The third-order valence-corrected chi connectivity index (χ3v) is 4.14. The number of hydrogen-bond acceptors (Lipinski definition) is 5. The molecule has 0 saturated heterocycles. The molecule has 3 N–H and O–H groups in total. The number of carbonyl (C=O) groups excluding carboxylic acids is 1. The lowest BCUT2D eigenvalue weighted by Gasteiger charge is -2.17. The summed E-state index contributed by atoms with van der Waals surface area (Å²) in [6.45, 7) is 3.89. The quantitative estimate of drug-likeness (QED) is 0.911. The molecule has 2 aromatic rings. The van der Waals surface area contributed by atoms with E-state index in [1.807, 2.05) is 51.0 Å². The number of nitrogens with one attached hydrogen (secondary N) is 1. The van der Waals surface area contributed by atoms with Gasteiger partial charge in [-0.1, -0.05) is 6.07 Å². The first kappa shape index (κ1) is 15.5. The molecule has 0 spiro atoms. The SMILES string of the molecule is Cc1ccc(NC(=O)c2csc(C(C)N)n2)cc1N(C)C. The van der Waals surface area contributed by atoms with E-state index in [-0.39, 0.29) is 11.9 Å². The number of carbonyl (C=O) groups is 1. The van der Waals surface area contributed by atoms with Crippen molar-refractivity contribution in [1.82, 2.24) is 4.98 Å². The molecule has 1 heterocycles. The first-order valence-corrected chi connectivity index (χ1v) is 7.56. The van der Waals surface area contributed by atoms with Gasteiger partial charge in [0.25, 0.3) is 5.91 Å². The van der Waals surface area contributed by atoms with E-state index in [0.717, 1.165) is 21.9 Å². The maximum Gasteiger partial charge on any atom is 0.275 e. The van der Waals surface area contributed by atoms with Gasteiger partial charge in [0, 0.05) is 30.9 Å². The van der Waals surface area contributed by atoms with Crippen molar-refractivity contribution in [2.45, 2.75) is 19.9 Å². The molecular formula is C15H20N4OS. The van der Waals surface area contributed by atoms with Crippen LogP contribution >= 0.6 is 11.3 Å². The van der Waals surface area contributed by atoms with E-state index in [0.29, 0.717) is 5.69 Å². The number of benzene rings is 1. The van der Waals surface area contributed by atoms with Crippen LogP contribution in [0, 0.1) is 6.92 Å². The molecule has 0 aliphatic rings. The Morgan fingerprint density at radius 2 is 2.14 bits per heavy atom. The Labute approximate surface area is 128 Å². The third-order valence-electron chi connectivity index (χ3n) is 3.09. The average Bonchev–Trinajstić information content (AvgIpc) is 2.90. The molecule has 0 saturated carbocycles. The van der Waals surface area contributed by atoms with Gasteiger partial charge in [0.05, 0.1) is 6.04 Å². The van der Waals surface area contributed by atoms with Crippen molar-refractivity contribution in [3.63, 3.8) is 0 Å². The normalized spacial score (nSPS) is 12.0. The largest absolute Gasteiger partial charge is 0.377 e. The molecule has 2 rings (SSSR count). The Kier molecular flexibility index (Phi) is 4.59. The van der Waals surface area contributed by atoms with Crippen LogP contribution in [0.3, 0.4) is 0 Å². The highest BCUT2D eigenvalue weighted by atomic mass is 32.1. The topological polar surface area (TPSA) is 71.2 Å². The minimum absolute atomic E-state index is 0.156. The summed E-state index contributed by atoms with van der Waals surface area (Å²) in [5, 5.41) is 5.36. The van der Waals surface area contributed by atoms with Crippen molar-refractivity contribution in [3.05, 3.63) is 39.8 Å². The van der Waals surface area contributed by atoms with Crippen LogP contribution in [0.4, 0.5) is 11.4 Å². The molecule has 112 valence electrons. The summed E-state index contributed by atoms with van der Waals surface area (Å²) in [5.74, 6) is -0.216. The van der Waals surface area contributed by atoms with Gasteiger partial charge in [-0.15, -0.1) is 11.3 Å². The Balaban J connectivity index is 2.17. The Morgan fingerprint density at radius 3 is 2.71 bits per heavy atom. The molecule has 1 atom stereocenters. The van der Waals surface area contributed by atoms with Crippen LogP contribution < -0.4 is 16.0 Å². The molecule has 0 bridgehead atoms. The zero-order valence-corrected chi connectivity index (χ0v) is 13.5. The summed E-state index contributed by atoms with van der Waals surface area (Å²) < 4.78 is 0. The van der Waals surface area contributed by atoms with Crippen LogP contribution in [0.2, 0.25) is 0 Å². The minimum Gasteiger partial charge on any atom is -0.377 e. The van der Waals surface area contributed by atoms with Crippen LogP contribution in [-0.2, 0) is 0 Å². The molecule has 1 aromatic heterocycles. The van der Waals surface area contributed by atoms with Gasteiger partial charge in [-0.3, -0.25) is 4.79 Å². The van der Waals surface area contributed by atoms with Gasteiger partial charge in [0.1, 0.15) is 10.7 Å². The van der Waals surface area contributed by atoms with Gasteiger partial charge < -0.3 is 16.0 Å². The number of aromatic nitrogens is 1. The molecular weight excluding hydrogens is 284 g/mol. The molecule has 1 aromatic carbocycles. The molecule has 0 fully saturated rings.